The Labute approximate surface area is 189 Å². The molecule has 0 atom stereocenters. The molecule has 6 nitrogen and oxygen atoms in total. The lowest BCUT2D eigenvalue weighted by Crippen LogP contribution is -2.30. The van der Waals surface area contributed by atoms with Crippen molar-refractivity contribution < 1.29 is 35.9 Å². The molecule has 0 aliphatic rings. The van der Waals surface area contributed by atoms with Crippen LogP contribution in [0, 0.1) is 0 Å². The summed E-state index contributed by atoms with van der Waals surface area (Å²) in [5.74, 6) is -1.04. The molecule has 33 heavy (non-hydrogen) atoms. The first-order valence-electron chi connectivity index (χ1n) is 9.65. The van der Waals surface area contributed by atoms with Crippen molar-refractivity contribution in [3.05, 3.63) is 95.6 Å². The minimum Gasteiger partial charge on any atom is -0.465 e. The molecule has 0 radical (unpaired) electrons. The molecule has 3 aromatic carbocycles. The van der Waals surface area contributed by atoms with Crippen molar-refractivity contribution in [2.24, 2.45) is 0 Å². The SMILES string of the molecule is COC(=O)c1ccc(CN(Cc2ccccc2)S(=O)(=O)c2ccc(OC(F)(F)F)cc2)cc1. The number of benzene rings is 3. The van der Waals surface area contributed by atoms with Crippen molar-refractivity contribution in [2.45, 2.75) is 24.3 Å². The lowest BCUT2D eigenvalue weighted by molar-refractivity contribution is -0.274. The van der Waals surface area contributed by atoms with Gasteiger partial charge in [-0.05, 0) is 47.5 Å². The molecule has 0 aromatic heterocycles. The topological polar surface area (TPSA) is 72.9 Å². The lowest BCUT2D eigenvalue weighted by atomic mass is 10.1. The maximum absolute atomic E-state index is 13.3. The molecule has 3 aromatic rings. The number of nitrogens with zero attached hydrogens (tertiary/aromatic N) is 1. The maximum Gasteiger partial charge on any atom is 0.573 e. The van der Waals surface area contributed by atoms with Crippen LogP contribution in [0.2, 0.25) is 0 Å². The molecule has 0 heterocycles. The Balaban J connectivity index is 1.90. The summed E-state index contributed by atoms with van der Waals surface area (Å²) in [5.41, 5.74) is 1.66. The molecule has 0 fully saturated rings. The summed E-state index contributed by atoms with van der Waals surface area (Å²) in [6.07, 6.45) is -4.88. The lowest BCUT2D eigenvalue weighted by Gasteiger charge is -2.23. The van der Waals surface area contributed by atoms with Gasteiger partial charge in [-0.3, -0.25) is 0 Å². The second kappa shape index (κ2) is 10.1. The van der Waals surface area contributed by atoms with E-state index in [1.165, 1.54) is 23.5 Å². The molecule has 3 rings (SSSR count). The monoisotopic (exact) mass is 479 g/mol. The highest BCUT2D eigenvalue weighted by Gasteiger charge is 2.31. The van der Waals surface area contributed by atoms with Crippen LogP contribution in [0.15, 0.2) is 83.8 Å². The molecular formula is C23H20F3NO5S. The fourth-order valence-electron chi connectivity index (χ4n) is 3.04. The number of methoxy groups -OCH3 is 1. The largest absolute Gasteiger partial charge is 0.573 e. The van der Waals surface area contributed by atoms with Crippen molar-refractivity contribution in [1.29, 1.82) is 0 Å². The van der Waals surface area contributed by atoms with Crippen LogP contribution >= 0.6 is 0 Å². The number of carbonyl (C=O) groups excluding carboxylic acids is 1. The Morgan fingerprint density at radius 1 is 0.848 bits per heavy atom. The third-order valence-electron chi connectivity index (χ3n) is 4.63. The Morgan fingerprint density at radius 3 is 1.91 bits per heavy atom. The van der Waals surface area contributed by atoms with Gasteiger partial charge in [0.1, 0.15) is 5.75 Å². The fourth-order valence-corrected chi connectivity index (χ4v) is 4.46. The minimum absolute atomic E-state index is 0.0283. The number of ether oxygens (including phenoxy) is 2. The van der Waals surface area contributed by atoms with E-state index in [0.717, 1.165) is 29.8 Å². The molecule has 0 spiro atoms. The predicted octanol–water partition coefficient (Wildman–Crippen LogP) is 4.76. The summed E-state index contributed by atoms with van der Waals surface area (Å²) in [4.78, 5) is 11.5. The number of esters is 1. The second-order valence-corrected chi connectivity index (χ2v) is 8.90. The van der Waals surface area contributed by atoms with Crippen LogP contribution < -0.4 is 4.74 Å². The Bertz CT molecular complexity index is 1180. The average Bonchev–Trinajstić information content (AvgIpc) is 2.78. The number of hydrogen-bond donors (Lipinski definition) is 0. The highest BCUT2D eigenvalue weighted by Crippen LogP contribution is 2.26. The fraction of sp³-hybridized carbons (Fsp3) is 0.174. The average molecular weight is 479 g/mol. The van der Waals surface area contributed by atoms with Crippen molar-refractivity contribution >= 4 is 16.0 Å². The second-order valence-electron chi connectivity index (χ2n) is 6.97. The standard InChI is InChI=1S/C23H20F3NO5S/c1-31-22(28)19-9-7-18(8-10-19)16-27(15-17-5-3-2-4-6-17)33(29,30)21-13-11-20(12-14-21)32-23(24,25)26/h2-14H,15-16H2,1H3. The summed E-state index contributed by atoms with van der Waals surface area (Å²) >= 11 is 0. The zero-order valence-electron chi connectivity index (χ0n) is 17.5. The van der Waals surface area contributed by atoms with Crippen LogP contribution in [0.1, 0.15) is 21.5 Å². The molecule has 0 aliphatic heterocycles. The van der Waals surface area contributed by atoms with E-state index in [1.54, 1.807) is 42.5 Å². The third kappa shape index (κ3) is 6.56. The summed E-state index contributed by atoms with van der Waals surface area (Å²) in [7, 11) is -2.82. The van der Waals surface area contributed by atoms with Crippen LogP contribution in [-0.2, 0) is 27.8 Å². The van der Waals surface area contributed by atoms with Gasteiger partial charge >= 0.3 is 12.3 Å². The Kier molecular flexibility index (Phi) is 7.39. The number of alkyl halides is 3. The molecule has 0 aliphatic carbocycles. The Hall–Kier alpha value is -3.37. The summed E-state index contributed by atoms with van der Waals surface area (Å²) in [5, 5.41) is 0. The van der Waals surface area contributed by atoms with Gasteiger partial charge in [-0.25, -0.2) is 13.2 Å². The molecule has 10 heteroatoms. The number of halogens is 3. The van der Waals surface area contributed by atoms with Crippen LogP contribution in [-0.4, -0.2) is 32.2 Å². The molecule has 0 amide bonds. The third-order valence-corrected chi connectivity index (χ3v) is 6.44. The number of sulfonamides is 1. The Morgan fingerprint density at radius 2 is 1.39 bits per heavy atom. The van der Waals surface area contributed by atoms with Gasteiger partial charge in [0, 0.05) is 13.1 Å². The van der Waals surface area contributed by atoms with E-state index in [4.69, 9.17) is 0 Å². The first-order chi connectivity index (χ1) is 15.6. The van der Waals surface area contributed by atoms with Gasteiger partial charge in [0.05, 0.1) is 17.6 Å². The van der Waals surface area contributed by atoms with E-state index in [1.807, 2.05) is 0 Å². The predicted molar refractivity (Wildman–Crippen MR) is 114 cm³/mol. The first kappa shape index (κ1) is 24.3. The van der Waals surface area contributed by atoms with Crippen molar-refractivity contribution in [3.8, 4) is 5.75 Å². The van der Waals surface area contributed by atoms with E-state index in [0.29, 0.717) is 11.1 Å². The molecule has 174 valence electrons. The molecule has 0 N–H and O–H groups in total. The smallest absolute Gasteiger partial charge is 0.465 e. The van der Waals surface area contributed by atoms with Gasteiger partial charge in [0.25, 0.3) is 0 Å². The van der Waals surface area contributed by atoms with Crippen LogP contribution in [0.5, 0.6) is 5.75 Å². The maximum atomic E-state index is 13.3. The molecule has 0 saturated heterocycles. The van der Waals surface area contributed by atoms with Gasteiger partial charge in [-0.2, -0.15) is 4.31 Å². The molecular weight excluding hydrogens is 459 g/mol. The van der Waals surface area contributed by atoms with Gasteiger partial charge < -0.3 is 9.47 Å². The normalized spacial score (nSPS) is 11.9. The van der Waals surface area contributed by atoms with Gasteiger partial charge in [-0.1, -0.05) is 42.5 Å². The molecule has 0 unspecified atom stereocenters. The van der Waals surface area contributed by atoms with E-state index in [-0.39, 0.29) is 18.0 Å². The first-order valence-corrected chi connectivity index (χ1v) is 11.1. The van der Waals surface area contributed by atoms with Crippen molar-refractivity contribution in [2.75, 3.05) is 7.11 Å². The number of rotatable bonds is 8. The van der Waals surface area contributed by atoms with E-state index >= 15 is 0 Å². The van der Waals surface area contributed by atoms with Gasteiger partial charge in [-0.15, -0.1) is 13.2 Å². The number of carbonyl (C=O) groups is 1. The van der Waals surface area contributed by atoms with Crippen LogP contribution in [0.25, 0.3) is 0 Å². The van der Waals surface area contributed by atoms with Crippen LogP contribution in [0.3, 0.4) is 0 Å². The van der Waals surface area contributed by atoms with Gasteiger partial charge in [0.15, 0.2) is 0 Å². The van der Waals surface area contributed by atoms with Gasteiger partial charge in [0.2, 0.25) is 10.0 Å². The quantitative estimate of drug-likeness (QED) is 0.436. The summed E-state index contributed by atoms with van der Waals surface area (Å²) in [6, 6.07) is 19.2. The van der Waals surface area contributed by atoms with Crippen molar-refractivity contribution in [3.63, 3.8) is 0 Å². The highest BCUT2D eigenvalue weighted by atomic mass is 32.2. The molecule has 0 bridgehead atoms. The highest BCUT2D eigenvalue weighted by molar-refractivity contribution is 7.89. The van der Waals surface area contributed by atoms with E-state index in [2.05, 4.69) is 9.47 Å². The summed E-state index contributed by atoms with van der Waals surface area (Å²) in [6.45, 7) is 0.00219. The van der Waals surface area contributed by atoms with Crippen LogP contribution in [0.4, 0.5) is 13.2 Å². The minimum atomic E-state index is -4.88. The zero-order valence-corrected chi connectivity index (χ0v) is 18.3. The summed E-state index contributed by atoms with van der Waals surface area (Å²) < 4.78 is 73.6. The van der Waals surface area contributed by atoms with Crippen molar-refractivity contribution in [1.82, 2.24) is 4.31 Å². The van der Waals surface area contributed by atoms with E-state index < -0.39 is 28.1 Å². The number of hydrogen-bond acceptors (Lipinski definition) is 5. The zero-order chi connectivity index (χ0) is 24.1. The van der Waals surface area contributed by atoms with E-state index in [9.17, 15) is 26.4 Å². The molecule has 0 saturated carbocycles.